The van der Waals surface area contributed by atoms with Gasteiger partial charge in [0.05, 0.1) is 18.8 Å². The number of carbonyl (C=O) groups is 2. The van der Waals surface area contributed by atoms with Crippen molar-refractivity contribution in [3.8, 4) is 0 Å². The second-order valence-corrected chi connectivity index (χ2v) is 6.58. The molecule has 8 nitrogen and oxygen atoms in total. The third-order valence-corrected chi connectivity index (χ3v) is 4.26. The Labute approximate surface area is 149 Å². The van der Waals surface area contributed by atoms with Gasteiger partial charge in [-0.05, 0) is 13.3 Å². The van der Waals surface area contributed by atoms with Gasteiger partial charge >= 0.3 is 0 Å². The first-order valence-corrected chi connectivity index (χ1v) is 8.85. The summed E-state index contributed by atoms with van der Waals surface area (Å²) < 4.78 is 5.09. The molecular weight excluding hydrogens is 322 g/mol. The highest BCUT2D eigenvalue weighted by molar-refractivity contribution is 5.85. The number of hydrogen-bond donors (Lipinski definition) is 1. The molecule has 25 heavy (non-hydrogen) atoms. The summed E-state index contributed by atoms with van der Waals surface area (Å²) in [4.78, 5) is 29.9. The molecule has 0 radical (unpaired) electrons. The minimum Gasteiger partial charge on any atom is -0.361 e. The highest BCUT2D eigenvalue weighted by atomic mass is 16.5. The Kier molecular flexibility index (Phi) is 7.39. The van der Waals surface area contributed by atoms with Gasteiger partial charge in [0.25, 0.3) is 0 Å². The van der Waals surface area contributed by atoms with E-state index in [2.05, 4.69) is 20.3 Å². The molecule has 1 aliphatic rings. The van der Waals surface area contributed by atoms with Crippen LogP contribution < -0.4 is 5.32 Å². The smallest absolute Gasteiger partial charge is 0.239 e. The van der Waals surface area contributed by atoms with Gasteiger partial charge in [-0.1, -0.05) is 12.1 Å². The molecule has 0 bridgehead atoms. The SMILES string of the molecule is CCCNC(=O)CN(C)C(=O)CN1CCN(Cc2cc(C)on2)CC1. The van der Waals surface area contributed by atoms with E-state index in [4.69, 9.17) is 4.52 Å². The molecule has 2 amide bonds. The van der Waals surface area contributed by atoms with Crippen LogP contribution >= 0.6 is 0 Å². The van der Waals surface area contributed by atoms with Crippen LogP contribution in [0.15, 0.2) is 10.6 Å². The van der Waals surface area contributed by atoms with Crippen molar-refractivity contribution in [2.24, 2.45) is 0 Å². The summed E-state index contributed by atoms with van der Waals surface area (Å²) in [6, 6.07) is 1.95. The first-order chi connectivity index (χ1) is 12.0. The van der Waals surface area contributed by atoms with Crippen LogP contribution in [0, 0.1) is 6.92 Å². The van der Waals surface area contributed by atoms with Gasteiger partial charge in [-0.15, -0.1) is 0 Å². The minimum absolute atomic E-state index is 0.0211. The van der Waals surface area contributed by atoms with Gasteiger partial charge in [-0.2, -0.15) is 0 Å². The Morgan fingerprint density at radius 1 is 1.28 bits per heavy atom. The molecule has 2 heterocycles. The van der Waals surface area contributed by atoms with Crippen LogP contribution in [0.5, 0.6) is 0 Å². The van der Waals surface area contributed by atoms with Crippen molar-refractivity contribution in [1.29, 1.82) is 0 Å². The van der Waals surface area contributed by atoms with E-state index < -0.39 is 0 Å². The van der Waals surface area contributed by atoms with Crippen LogP contribution in [0.2, 0.25) is 0 Å². The van der Waals surface area contributed by atoms with E-state index in [1.54, 1.807) is 7.05 Å². The first-order valence-electron chi connectivity index (χ1n) is 8.85. The lowest BCUT2D eigenvalue weighted by Crippen LogP contribution is -2.50. The number of likely N-dealkylation sites (N-methyl/N-ethyl adjacent to an activating group) is 1. The lowest BCUT2D eigenvalue weighted by molar-refractivity contribution is -0.136. The van der Waals surface area contributed by atoms with Gasteiger partial charge in [0.15, 0.2) is 0 Å². The Morgan fingerprint density at radius 2 is 1.96 bits per heavy atom. The van der Waals surface area contributed by atoms with Gasteiger partial charge in [0.2, 0.25) is 11.8 Å². The van der Waals surface area contributed by atoms with Gasteiger partial charge in [0, 0.05) is 52.4 Å². The summed E-state index contributed by atoms with van der Waals surface area (Å²) in [5.74, 6) is 0.697. The summed E-state index contributed by atoms with van der Waals surface area (Å²) in [7, 11) is 1.68. The van der Waals surface area contributed by atoms with E-state index in [0.717, 1.165) is 50.6 Å². The summed E-state index contributed by atoms with van der Waals surface area (Å²) in [6.07, 6.45) is 0.890. The Balaban J connectivity index is 1.68. The topological polar surface area (TPSA) is 81.9 Å². The number of aryl methyl sites for hydroxylation is 1. The van der Waals surface area contributed by atoms with E-state index in [1.165, 1.54) is 4.90 Å². The van der Waals surface area contributed by atoms with E-state index in [1.807, 2.05) is 19.9 Å². The molecule has 2 rings (SSSR count). The highest BCUT2D eigenvalue weighted by Crippen LogP contribution is 2.09. The fraction of sp³-hybridized carbons (Fsp3) is 0.706. The summed E-state index contributed by atoms with van der Waals surface area (Å²) >= 11 is 0. The minimum atomic E-state index is -0.106. The van der Waals surface area contributed by atoms with Crippen molar-refractivity contribution < 1.29 is 14.1 Å². The summed E-state index contributed by atoms with van der Waals surface area (Å²) in [5.41, 5.74) is 0.944. The lowest BCUT2D eigenvalue weighted by atomic mass is 10.2. The van der Waals surface area contributed by atoms with Crippen molar-refractivity contribution >= 4 is 11.8 Å². The first kappa shape index (κ1) is 19.4. The number of piperazine rings is 1. The Bertz CT molecular complexity index is 566. The molecule has 1 aromatic rings. The van der Waals surface area contributed by atoms with Crippen molar-refractivity contribution in [2.45, 2.75) is 26.8 Å². The van der Waals surface area contributed by atoms with Crippen molar-refractivity contribution in [2.75, 3.05) is 52.9 Å². The number of carbonyl (C=O) groups excluding carboxylic acids is 2. The Hall–Kier alpha value is -1.93. The quantitative estimate of drug-likeness (QED) is 0.715. The predicted octanol–water partition coefficient (Wildman–Crippen LogP) is 0.0852. The normalized spacial score (nSPS) is 16.0. The van der Waals surface area contributed by atoms with Crippen LogP contribution in [-0.4, -0.2) is 84.5 Å². The van der Waals surface area contributed by atoms with Gasteiger partial charge in [-0.3, -0.25) is 19.4 Å². The zero-order valence-electron chi connectivity index (χ0n) is 15.5. The largest absolute Gasteiger partial charge is 0.361 e. The lowest BCUT2D eigenvalue weighted by Gasteiger charge is -2.34. The second kappa shape index (κ2) is 9.53. The maximum absolute atomic E-state index is 12.3. The average molecular weight is 351 g/mol. The highest BCUT2D eigenvalue weighted by Gasteiger charge is 2.21. The maximum Gasteiger partial charge on any atom is 0.239 e. The molecular formula is C17H29N5O3. The van der Waals surface area contributed by atoms with Crippen molar-refractivity contribution in [1.82, 2.24) is 25.2 Å². The van der Waals surface area contributed by atoms with Gasteiger partial charge in [-0.25, -0.2) is 0 Å². The number of rotatable bonds is 8. The van der Waals surface area contributed by atoms with Crippen LogP contribution in [0.1, 0.15) is 24.8 Å². The number of amides is 2. The van der Waals surface area contributed by atoms with E-state index >= 15 is 0 Å². The molecule has 140 valence electrons. The molecule has 1 aliphatic heterocycles. The van der Waals surface area contributed by atoms with Gasteiger partial charge < -0.3 is 14.7 Å². The van der Waals surface area contributed by atoms with Crippen LogP contribution in [0.25, 0.3) is 0 Å². The third kappa shape index (κ3) is 6.47. The molecule has 1 fully saturated rings. The number of nitrogens with zero attached hydrogens (tertiary/aromatic N) is 4. The van der Waals surface area contributed by atoms with E-state index in [0.29, 0.717) is 13.1 Å². The standard InChI is InChI=1S/C17H29N5O3/c1-4-5-18-16(23)12-20(3)17(24)13-22-8-6-21(7-9-22)11-15-10-14(2)25-19-15/h10H,4-9,11-13H2,1-3H3,(H,18,23). The fourth-order valence-corrected chi connectivity index (χ4v) is 2.76. The zero-order chi connectivity index (χ0) is 18.2. The molecule has 8 heteroatoms. The van der Waals surface area contributed by atoms with Crippen LogP contribution in [-0.2, 0) is 16.1 Å². The molecule has 0 atom stereocenters. The fourth-order valence-electron chi connectivity index (χ4n) is 2.76. The second-order valence-electron chi connectivity index (χ2n) is 6.58. The third-order valence-electron chi connectivity index (χ3n) is 4.26. The van der Waals surface area contributed by atoms with Crippen LogP contribution in [0.3, 0.4) is 0 Å². The maximum atomic E-state index is 12.3. The average Bonchev–Trinajstić information content (AvgIpc) is 2.99. The molecule has 0 aromatic carbocycles. The van der Waals surface area contributed by atoms with E-state index in [9.17, 15) is 9.59 Å². The number of nitrogens with one attached hydrogen (secondary N) is 1. The number of hydrogen-bond acceptors (Lipinski definition) is 6. The molecule has 1 N–H and O–H groups in total. The number of aromatic nitrogens is 1. The molecule has 0 aliphatic carbocycles. The molecule has 1 aromatic heterocycles. The monoisotopic (exact) mass is 351 g/mol. The molecule has 0 unspecified atom stereocenters. The molecule has 1 saturated heterocycles. The molecule has 0 spiro atoms. The van der Waals surface area contributed by atoms with Gasteiger partial charge in [0.1, 0.15) is 5.76 Å². The summed E-state index contributed by atoms with van der Waals surface area (Å²) in [5, 5.41) is 6.81. The van der Waals surface area contributed by atoms with Crippen LogP contribution in [0.4, 0.5) is 0 Å². The molecule has 0 saturated carbocycles. The predicted molar refractivity (Wildman–Crippen MR) is 93.9 cm³/mol. The zero-order valence-corrected chi connectivity index (χ0v) is 15.5. The van der Waals surface area contributed by atoms with Crippen molar-refractivity contribution in [3.63, 3.8) is 0 Å². The summed E-state index contributed by atoms with van der Waals surface area (Å²) in [6.45, 7) is 9.22. The van der Waals surface area contributed by atoms with E-state index in [-0.39, 0.29) is 18.4 Å². The Morgan fingerprint density at radius 3 is 2.56 bits per heavy atom. The van der Waals surface area contributed by atoms with Crippen molar-refractivity contribution in [3.05, 3.63) is 17.5 Å².